The number of thioether (sulfide) groups is 1. The Bertz CT molecular complexity index is 428. The van der Waals surface area contributed by atoms with Crippen molar-refractivity contribution >= 4 is 23.4 Å². The number of hydrogen-bond acceptors (Lipinski definition) is 6. The van der Waals surface area contributed by atoms with Gasteiger partial charge in [-0.2, -0.15) is 0 Å². The topological polar surface area (TPSA) is 51.4 Å². The molecule has 24 heavy (non-hydrogen) atoms. The Morgan fingerprint density at radius 2 is 1.92 bits per heavy atom. The summed E-state index contributed by atoms with van der Waals surface area (Å²) in [7, 11) is 0. The van der Waals surface area contributed by atoms with Crippen LogP contribution in [0.2, 0.25) is 0 Å². The lowest BCUT2D eigenvalue weighted by Gasteiger charge is -2.33. The van der Waals surface area contributed by atoms with E-state index in [1.165, 1.54) is 32.1 Å². The van der Waals surface area contributed by atoms with Crippen molar-refractivity contribution in [1.82, 2.24) is 26.4 Å². The molecule has 0 radical (unpaired) electrons. The van der Waals surface area contributed by atoms with Gasteiger partial charge in [0.15, 0.2) is 0 Å². The van der Waals surface area contributed by atoms with E-state index in [9.17, 15) is 0 Å². The Hall–Kier alpha value is 0.440. The number of alkyl halides is 1. The highest BCUT2D eigenvalue weighted by atomic mass is 35.5. The van der Waals surface area contributed by atoms with Crippen LogP contribution < -0.4 is 21.5 Å². The van der Waals surface area contributed by atoms with E-state index < -0.39 is 0 Å². The van der Waals surface area contributed by atoms with Crippen LogP contribution in [-0.4, -0.2) is 53.0 Å². The number of fused-ring (bicyclic) bond motifs is 1. The van der Waals surface area contributed by atoms with E-state index in [2.05, 4.69) is 33.3 Å². The fraction of sp³-hybridized carbons (Fsp3) is 1.00. The second kappa shape index (κ2) is 7.99. The van der Waals surface area contributed by atoms with E-state index in [0.717, 1.165) is 37.1 Å². The van der Waals surface area contributed by atoms with Gasteiger partial charge in [0.25, 0.3) is 0 Å². The predicted molar refractivity (Wildman–Crippen MR) is 102 cm³/mol. The van der Waals surface area contributed by atoms with Crippen LogP contribution in [0.25, 0.3) is 0 Å². The van der Waals surface area contributed by atoms with Gasteiger partial charge >= 0.3 is 0 Å². The van der Waals surface area contributed by atoms with Crippen LogP contribution in [-0.2, 0) is 0 Å². The number of nitrogens with zero attached hydrogens (tertiary/aromatic N) is 1. The average Bonchev–Trinajstić information content (AvgIpc) is 3.19. The third kappa shape index (κ3) is 4.05. The first kappa shape index (κ1) is 17.8. The molecule has 4 rings (SSSR count). The number of rotatable bonds is 4. The Labute approximate surface area is 155 Å². The maximum absolute atomic E-state index is 6.31. The molecule has 7 heteroatoms. The monoisotopic (exact) mass is 373 g/mol. The lowest BCUT2D eigenvalue weighted by atomic mass is 9.79. The molecule has 4 aliphatic rings. The van der Waals surface area contributed by atoms with Gasteiger partial charge in [-0.25, -0.2) is 10.9 Å². The summed E-state index contributed by atoms with van der Waals surface area (Å²) in [6, 6.07) is 0.582. The van der Waals surface area contributed by atoms with E-state index in [1.54, 1.807) is 0 Å². The second-order valence-corrected chi connectivity index (χ2v) is 9.84. The molecule has 3 saturated heterocycles. The van der Waals surface area contributed by atoms with Crippen molar-refractivity contribution in [3.63, 3.8) is 0 Å². The van der Waals surface area contributed by atoms with Crippen LogP contribution in [0.4, 0.5) is 0 Å². The summed E-state index contributed by atoms with van der Waals surface area (Å²) in [5, 5.41) is 7.90. The Kier molecular flexibility index (Phi) is 5.94. The van der Waals surface area contributed by atoms with Gasteiger partial charge in [-0.15, -0.1) is 23.4 Å². The number of hydrazine groups is 1. The van der Waals surface area contributed by atoms with Crippen LogP contribution in [0.5, 0.6) is 0 Å². The summed E-state index contributed by atoms with van der Waals surface area (Å²) in [4.78, 5) is 2.53. The quantitative estimate of drug-likeness (QED) is 0.564. The first-order valence-corrected chi connectivity index (χ1v) is 11.2. The van der Waals surface area contributed by atoms with E-state index >= 15 is 0 Å². The van der Waals surface area contributed by atoms with E-state index in [-0.39, 0.29) is 0 Å². The highest BCUT2D eigenvalue weighted by molar-refractivity contribution is 7.99. The normalized spacial score (nSPS) is 47.0. The molecule has 1 aliphatic carbocycles. The van der Waals surface area contributed by atoms with Crippen molar-refractivity contribution in [3.8, 4) is 0 Å². The van der Waals surface area contributed by atoms with Crippen molar-refractivity contribution in [2.24, 2.45) is 11.8 Å². The third-order valence-corrected chi connectivity index (χ3v) is 7.82. The predicted octanol–water partition coefficient (Wildman–Crippen LogP) is 1.85. The highest BCUT2D eigenvalue weighted by Gasteiger charge is 2.37. The summed E-state index contributed by atoms with van der Waals surface area (Å²) in [6.07, 6.45) is 8.85. The van der Waals surface area contributed by atoms with Crippen LogP contribution in [0.15, 0.2) is 0 Å². The third-order valence-electron chi connectivity index (χ3n) is 6.28. The van der Waals surface area contributed by atoms with Crippen molar-refractivity contribution in [2.75, 3.05) is 18.8 Å². The molecule has 0 aromatic rings. The molecule has 0 spiro atoms. The Morgan fingerprint density at radius 1 is 1.04 bits per heavy atom. The molecule has 0 bridgehead atoms. The Balaban J connectivity index is 1.20. The summed E-state index contributed by atoms with van der Waals surface area (Å²) in [5.74, 6) is 2.72. The van der Waals surface area contributed by atoms with Gasteiger partial charge in [0.2, 0.25) is 0 Å². The molecule has 7 unspecified atom stereocenters. The first-order valence-electron chi connectivity index (χ1n) is 9.72. The standard InChI is InChI=1S/C17H32ClN5S/c1-11-4-2-3-5-14(11)16-20-17(22-21-16)24-10-13-9-23-8-12(18)6-7-15(23)19-13/h11-17,19-22H,2-10H2,1H3. The maximum atomic E-state index is 6.31. The summed E-state index contributed by atoms with van der Waals surface area (Å²) in [5.41, 5.74) is 7.29. The first-order chi connectivity index (χ1) is 11.7. The number of nitrogens with one attached hydrogen (secondary N) is 4. The Morgan fingerprint density at radius 3 is 2.79 bits per heavy atom. The lowest BCUT2D eigenvalue weighted by molar-refractivity contribution is 0.189. The van der Waals surface area contributed by atoms with Gasteiger partial charge < -0.3 is 0 Å². The molecular weight excluding hydrogens is 342 g/mol. The molecular formula is C17H32ClN5S. The van der Waals surface area contributed by atoms with Gasteiger partial charge in [-0.1, -0.05) is 26.2 Å². The zero-order chi connectivity index (χ0) is 16.5. The van der Waals surface area contributed by atoms with Gasteiger partial charge in [0.05, 0.1) is 12.3 Å². The molecule has 0 aromatic carbocycles. The molecule has 0 aromatic heterocycles. The van der Waals surface area contributed by atoms with Crippen LogP contribution in [0, 0.1) is 11.8 Å². The minimum atomic E-state index is 0.323. The number of piperidine rings is 1. The zero-order valence-electron chi connectivity index (χ0n) is 14.6. The van der Waals surface area contributed by atoms with Crippen molar-refractivity contribution < 1.29 is 0 Å². The maximum Gasteiger partial charge on any atom is 0.119 e. The van der Waals surface area contributed by atoms with E-state index in [0.29, 0.717) is 29.2 Å². The van der Waals surface area contributed by atoms with Crippen LogP contribution >= 0.6 is 23.4 Å². The van der Waals surface area contributed by atoms with Crippen LogP contribution in [0.3, 0.4) is 0 Å². The molecule has 0 amide bonds. The molecule has 3 aliphatic heterocycles. The molecule has 7 atom stereocenters. The summed E-state index contributed by atoms with van der Waals surface area (Å²) in [6.45, 7) is 4.60. The molecule has 1 saturated carbocycles. The van der Waals surface area contributed by atoms with Crippen molar-refractivity contribution in [3.05, 3.63) is 0 Å². The number of hydrogen-bond donors (Lipinski definition) is 4. The SMILES string of the molecule is CC1CCCCC1C1NNC(SCC2CN3CC(Cl)CCC3N2)N1. The zero-order valence-corrected chi connectivity index (χ0v) is 16.2. The van der Waals surface area contributed by atoms with E-state index in [4.69, 9.17) is 11.6 Å². The van der Waals surface area contributed by atoms with Gasteiger partial charge in [0, 0.05) is 30.3 Å². The molecule has 3 heterocycles. The van der Waals surface area contributed by atoms with Crippen molar-refractivity contribution in [1.29, 1.82) is 0 Å². The number of halogens is 1. The fourth-order valence-electron chi connectivity index (χ4n) is 4.88. The van der Waals surface area contributed by atoms with Crippen molar-refractivity contribution in [2.45, 2.75) is 74.7 Å². The van der Waals surface area contributed by atoms with E-state index in [1.807, 2.05) is 11.8 Å². The summed E-state index contributed by atoms with van der Waals surface area (Å²) >= 11 is 8.30. The molecule has 5 nitrogen and oxygen atoms in total. The smallest absolute Gasteiger partial charge is 0.119 e. The average molecular weight is 374 g/mol. The second-order valence-electron chi connectivity index (χ2n) is 8.08. The minimum absolute atomic E-state index is 0.323. The minimum Gasteiger partial charge on any atom is -0.297 e. The highest BCUT2D eigenvalue weighted by Crippen LogP contribution is 2.32. The lowest BCUT2D eigenvalue weighted by Crippen LogP contribution is -2.44. The largest absolute Gasteiger partial charge is 0.297 e. The molecule has 4 fully saturated rings. The molecule has 138 valence electrons. The summed E-state index contributed by atoms with van der Waals surface area (Å²) < 4.78 is 0. The molecule has 4 N–H and O–H groups in total. The van der Waals surface area contributed by atoms with Gasteiger partial charge in [-0.3, -0.25) is 15.5 Å². The fourth-order valence-corrected chi connectivity index (χ4v) is 6.20. The van der Waals surface area contributed by atoms with Gasteiger partial charge in [0.1, 0.15) is 5.50 Å². The van der Waals surface area contributed by atoms with Gasteiger partial charge in [-0.05, 0) is 31.1 Å². The van der Waals surface area contributed by atoms with Crippen LogP contribution in [0.1, 0.15) is 45.4 Å².